The molecule has 2 atom stereocenters. The van der Waals surface area contributed by atoms with Crippen molar-refractivity contribution in [1.29, 1.82) is 0 Å². The summed E-state index contributed by atoms with van der Waals surface area (Å²) in [5.41, 5.74) is 9.23. The van der Waals surface area contributed by atoms with Gasteiger partial charge in [0.1, 0.15) is 4.99 Å². The molecule has 1 fully saturated rings. The molecule has 1 aliphatic heterocycles. The van der Waals surface area contributed by atoms with Crippen molar-refractivity contribution in [2.75, 3.05) is 13.2 Å². The van der Waals surface area contributed by atoms with E-state index in [1.807, 2.05) is 6.07 Å². The first kappa shape index (κ1) is 15.4. The predicted molar refractivity (Wildman–Crippen MR) is 87.0 cm³/mol. The Morgan fingerprint density at radius 3 is 2.85 bits per heavy atom. The van der Waals surface area contributed by atoms with E-state index in [1.165, 1.54) is 11.1 Å². The molecular formula is C16H24N2OS. The molecule has 0 aliphatic carbocycles. The van der Waals surface area contributed by atoms with E-state index < -0.39 is 0 Å². The fourth-order valence-corrected chi connectivity index (χ4v) is 2.85. The highest BCUT2D eigenvalue weighted by Crippen LogP contribution is 2.20. The van der Waals surface area contributed by atoms with Gasteiger partial charge in [0.2, 0.25) is 0 Å². The summed E-state index contributed by atoms with van der Waals surface area (Å²) >= 11 is 5.03. The van der Waals surface area contributed by atoms with Crippen LogP contribution in [0.3, 0.4) is 0 Å². The SMILES string of the molecule is CCC1COC(C)CN1Cc1ccc(C(N)=S)cc1C. The molecule has 2 N–H and O–H groups in total. The lowest BCUT2D eigenvalue weighted by Gasteiger charge is -2.38. The molecule has 110 valence electrons. The van der Waals surface area contributed by atoms with Crippen molar-refractivity contribution in [1.82, 2.24) is 4.90 Å². The number of benzene rings is 1. The number of rotatable bonds is 4. The van der Waals surface area contributed by atoms with Crippen LogP contribution >= 0.6 is 12.2 Å². The minimum atomic E-state index is 0.314. The van der Waals surface area contributed by atoms with E-state index in [0.29, 0.717) is 17.1 Å². The van der Waals surface area contributed by atoms with Gasteiger partial charge in [-0.3, -0.25) is 4.90 Å². The van der Waals surface area contributed by atoms with E-state index in [4.69, 9.17) is 22.7 Å². The maximum absolute atomic E-state index is 5.75. The Kier molecular flexibility index (Phi) is 5.13. The molecule has 2 unspecified atom stereocenters. The molecule has 1 saturated heterocycles. The van der Waals surface area contributed by atoms with E-state index in [-0.39, 0.29) is 0 Å². The van der Waals surface area contributed by atoms with Gasteiger partial charge in [-0.15, -0.1) is 0 Å². The predicted octanol–water partition coefficient (Wildman–Crippen LogP) is 2.63. The minimum Gasteiger partial charge on any atom is -0.389 e. The van der Waals surface area contributed by atoms with Crippen LogP contribution < -0.4 is 5.73 Å². The maximum atomic E-state index is 5.75. The molecule has 3 nitrogen and oxygen atoms in total. The Labute approximate surface area is 127 Å². The monoisotopic (exact) mass is 292 g/mol. The average Bonchev–Trinajstić information content (AvgIpc) is 2.41. The summed E-state index contributed by atoms with van der Waals surface area (Å²) < 4.78 is 5.75. The largest absolute Gasteiger partial charge is 0.389 e. The lowest BCUT2D eigenvalue weighted by Crippen LogP contribution is -2.47. The summed E-state index contributed by atoms with van der Waals surface area (Å²) in [6.07, 6.45) is 1.44. The second kappa shape index (κ2) is 6.66. The van der Waals surface area contributed by atoms with Crippen LogP contribution in [0.4, 0.5) is 0 Å². The summed E-state index contributed by atoms with van der Waals surface area (Å²) in [5, 5.41) is 0. The highest BCUT2D eigenvalue weighted by Gasteiger charge is 2.25. The molecule has 0 bridgehead atoms. The van der Waals surface area contributed by atoms with Gasteiger partial charge in [0.05, 0.1) is 12.7 Å². The van der Waals surface area contributed by atoms with Crippen LogP contribution in [0.15, 0.2) is 18.2 Å². The number of nitrogens with zero attached hydrogens (tertiary/aromatic N) is 1. The van der Waals surface area contributed by atoms with Gasteiger partial charge in [0.25, 0.3) is 0 Å². The van der Waals surface area contributed by atoms with Crippen LogP contribution in [-0.2, 0) is 11.3 Å². The number of hydrogen-bond donors (Lipinski definition) is 1. The minimum absolute atomic E-state index is 0.314. The Hall–Kier alpha value is -0.970. The third-order valence-electron chi connectivity index (χ3n) is 4.05. The second-order valence-corrected chi connectivity index (χ2v) is 6.08. The highest BCUT2D eigenvalue weighted by molar-refractivity contribution is 7.80. The number of morpholine rings is 1. The molecule has 0 amide bonds. The second-order valence-electron chi connectivity index (χ2n) is 5.64. The zero-order valence-electron chi connectivity index (χ0n) is 12.6. The van der Waals surface area contributed by atoms with Crippen molar-refractivity contribution in [3.8, 4) is 0 Å². The summed E-state index contributed by atoms with van der Waals surface area (Å²) in [5.74, 6) is 0. The van der Waals surface area contributed by atoms with Crippen molar-refractivity contribution in [3.63, 3.8) is 0 Å². The maximum Gasteiger partial charge on any atom is 0.103 e. The van der Waals surface area contributed by atoms with Crippen molar-refractivity contribution in [3.05, 3.63) is 34.9 Å². The summed E-state index contributed by atoms with van der Waals surface area (Å²) in [4.78, 5) is 2.99. The summed E-state index contributed by atoms with van der Waals surface area (Å²) in [7, 11) is 0. The topological polar surface area (TPSA) is 38.5 Å². The fourth-order valence-electron chi connectivity index (χ4n) is 2.73. The third kappa shape index (κ3) is 3.57. The standard InChI is InChI=1S/C16H24N2OS/c1-4-15-10-19-12(3)8-18(15)9-14-6-5-13(16(17)20)7-11(14)2/h5-7,12,15H,4,8-10H2,1-3H3,(H2,17,20). The molecule has 0 aromatic heterocycles. The molecule has 4 heteroatoms. The summed E-state index contributed by atoms with van der Waals surface area (Å²) in [6, 6.07) is 6.77. The first-order valence-electron chi connectivity index (χ1n) is 7.26. The first-order chi connectivity index (χ1) is 9.51. The molecule has 20 heavy (non-hydrogen) atoms. The van der Waals surface area contributed by atoms with Crippen LogP contribution in [0.1, 0.15) is 37.0 Å². The lowest BCUT2D eigenvalue weighted by molar-refractivity contribution is -0.0592. The molecular weight excluding hydrogens is 268 g/mol. The van der Waals surface area contributed by atoms with Gasteiger partial charge in [0, 0.05) is 24.7 Å². The Morgan fingerprint density at radius 2 is 2.25 bits per heavy atom. The number of aryl methyl sites for hydroxylation is 1. The molecule has 0 saturated carbocycles. The number of thiocarbonyl (C=S) groups is 1. The smallest absolute Gasteiger partial charge is 0.103 e. The van der Waals surface area contributed by atoms with Crippen LogP contribution in [-0.4, -0.2) is 35.2 Å². The van der Waals surface area contributed by atoms with Crippen molar-refractivity contribution >= 4 is 17.2 Å². The molecule has 1 heterocycles. The van der Waals surface area contributed by atoms with E-state index in [0.717, 1.165) is 31.7 Å². The normalized spacial score (nSPS) is 23.8. The molecule has 0 spiro atoms. The Balaban J connectivity index is 2.13. The van der Waals surface area contributed by atoms with E-state index in [2.05, 4.69) is 37.8 Å². The highest BCUT2D eigenvalue weighted by atomic mass is 32.1. The van der Waals surface area contributed by atoms with Gasteiger partial charge in [-0.2, -0.15) is 0 Å². The summed E-state index contributed by atoms with van der Waals surface area (Å²) in [6.45, 7) is 9.29. The van der Waals surface area contributed by atoms with Crippen LogP contribution in [0.5, 0.6) is 0 Å². The number of hydrogen-bond acceptors (Lipinski definition) is 3. The molecule has 1 aromatic carbocycles. The third-order valence-corrected chi connectivity index (χ3v) is 4.29. The van der Waals surface area contributed by atoms with E-state index >= 15 is 0 Å². The van der Waals surface area contributed by atoms with Crippen molar-refractivity contribution < 1.29 is 4.74 Å². The van der Waals surface area contributed by atoms with Gasteiger partial charge >= 0.3 is 0 Å². The van der Waals surface area contributed by atoms with Gasteiger partial charge in [0.15, 0.2) is 0 Å². The van der Waals surface area contributed by atoms with Gasteiger partial charge < -0.3 is 10.5 Å². The van der Waals surface area contributed by atoms with Gasteiger partial charge in [-0.05, 0) is 37.5 Å². The fraction of sp³-hybridized carbons (Fsp3) is 0.562. The average molecular weight is 292 g/mol. The number of ether oxygens (including phenoxy) is 1. The van der Waals surface area contributed by atoms with Crippen LogP contribution in [0.25, 0.3) is 0 Å². The van der Waals surface area contributed by atoms with Crippen LogP contribution in [0, 0.1) is 6.92 Å². The zero-order chi connectivity index (χ0) is 14.7. The van der Waals surface area contributed by atoms with Gasteiger partial charge in [-0.25, -0.2) is 0 Å². The molecule has 1 aromatic rings. The molecule has 2 rings (SSSR count). The quantitative estimate of drug-likeness (QED) is 0.866. The van der Waals surface area contributed by atoms with Crippen molar-refractivity contribution in [2.45, 2.75) is 45.9 Å². The Bertz CT molecular complexity index is 489. The zero-order valence-corrected chi connectivity index (χ0v) is 13.4. The van der Waals surface area contributed by atoms with E-state index in [9.17, 15) is 0 Å². The van der Waals surface area contributed by atoms with E-state index in [1.54, 1.807) is 0 Å². The van der Waals surface area contributed by atoms with Crippen LogP contribution in [0.2, 0.25) is 0 Å². The first-order valence-corrected chi connectivity index (χ1v) is 7.67. The Morgan fingerprint density at radius 1 is 1.50 bits per heavy atom. The van der Waals surface area contributed by atoms with Gasteiger partial charge in [-0.1, -0.05) is 31.3 Å². The molecule has 1 aliphatic rings. The lowest BCUT2D eigenvalue weighted by atomic mass is 10.0. The molecule has 0 radical (unpaired) electrons. The number of nitrogens with two attached hydrogens (primary N) is 1. The van der Waals surface area contributed by atoms with Crippen molar-refractivity contribution in [2.24, 2.45) is 5.73 Å².